The standard InChI is InChI=1S/C32H39NO5/c1-5-8-12-20-37-32(34)27-16-18-29(28(22-27)33(7-3)23-25-13-10-9-11-14-25)38-24-26-15-17-30(36-19-6-2)31(21-26)35-4/h6,9-11,13-18,21-22H,2,5,7-8,12,19-20,23-24H2,1,3-4H3. The van der Waals surface area contributed by atoms with Crippen LogP contribution in [0.25, 0.3) is 0 Å². The Hall–Kier alpha value is -3.93. The molecule has 0 saturated carbocycles. The Morgan fingerprint density at radius 2 is 1.68 bits per heavy atom. The van der Waals surface area contributed by atoms with E-state index in [1.54, 1.807) is 19.3 Å². The maximum atomic E-state index is 12.8. The summed E-state index contributed by atoms with van der Waals surface area (Å²) < 4.78 is 23.0. The molecule has 0 unspecified atom stereocenters. The first-order valence-corrected chi connectivity index (χ1v) is 13.2. The van der Waals surface area contributed by atoms with Gasteiger partial charge in [0.25, 0.3) is 0 Å². The van der Waals surface area contributed by atoms with Crippen LogP contribution in [-0.2, 0) is 17.9 Å². The first kappa shape index (κ1) is 28.6. The molecule has 202 valence electrons. The van der Waals surface area contributed by atoms with E-state index in [1.807, 2.05) is 48.5 Å². The van der Waals surface area contributed by atoms with Gasteiger partial charge in [0.1, 0.15) is 19.0 Å². The van der Waals surface area contributed by atoms with Crippen LogP contribution in [-0.4, -0.2) is 32.8 Å². The van der Waals surface area contributed by atoms with Crippen LogP contribution in [0.2, 0.25) is 0 Å². The summed E-state index contributed by atoms with van der Waals surface area (Å²) in [6, 6.07) is 21.5. The minimum atomic E-state index is -0.315. The zero-order valence-electron chi connectivity index (χ0n) is 22.8. The summed E-state index contributed by atoms with van der Waals surface area (Å²) in [5.41, 5.74) is 3.47. The summed E-state index contributed by atoms with van der Waals surface area (Å²) in [6.07, 6.45) is 4.68. The number of ether oxygens (including phenoxy) is 4. The number of esters is 1. The van der Waals surface area contributed by atoms with Gasteiger partial charge in [0.2, 0.25) is 0 Å². The number of hydrogen-bond donors (Lipinski definition) is 0. The zero-order valence-corrected chi connectivity index (χ0v) is 22.8. The Kier molecular flexibility index (Phi) is 11.6. The Labute approximate surface area is 226 Å². The fraction of sp³-hybridized carbons (Fsp3) is 0.344. The van der Waals surface area contributed by atoms with E-state index >= 15 is 0 Å². The van der Waals surface area contributed by atoms with Crippen LogP contribution in [0, 0.1) is 0 Å². The lowest BCUT2D eigenvalue weighted by Crippen LogP contribution is -2.23. The van der Waals surface area contributed by atoms with Gasteiger partial charge < -0.3 is 23.8 Å². The summed E-state index contributed by atoms with van der Waals surface area (Å²) in [7, 11) is 1.61. The van der Waals surface area contributed by atoms with E-state index in [9.17, 15) is 4.79 Å². The topological polar surface area (TPSA) is 57.2 Å². The fourth-order valence-corrected chi connectivity index (χ4v) is 4.02. The molecule has 38 heavy (non-hydrogen) atoms. The number of hydrogen-bond acceptors (Lipinski definition) is 6. The van der Waals surface area contributed by atoms with Crippen molar-refractivity contribution in [3.05, 3.63) is 96.1 Å². The summed E-state index contributed by atoms with van der Waals surface area (Å²) in [5.74, 6) is 1.66. The third-order valence-corrected chi connectivity index (χ3v) is 6.09. The van der Waals surface area contributed by atoms with Crippen LogP contribution in [0.4, 0.5) is 5.69 Å². The highest BCUT2D eigenvalue weighted by Gasteiger charge is 2.17. The number of methoxy groups -OCH3 is 1. The van der Waals surface area contributed by atoms with Gasteiger partial charge in [0.15, 0.2) is 11.5 Å². The Balaban J connectivity index is 1.84. The molecule has 0 aliphatic heterocycles. The predicted octanol–water partition coefficient (Wildman–Crippen LogP) is 7.21. The molecule has 0 aliphatic carbocycles. The predicted molar refractivity (Wildman–Crippen MR) is 152 cm³/mol. The lowest BCUT2D eigenvalue weighted by atomic mass is 10.1. The van der Waals surface area contributed by atoms with Gasteiger partial charge in [-0.25, -0.2) is 4.79 Å². The molecule has 3 rings (SSSR count). The van der Waals surface area contributed by atoms with E-state index in [1.165, 1.54) is 5.56 Å². The van der Waals surface area contributed by atoms with Crippen LogP contribution in [0.1, 0.15) is 54.6 Å². The quantitative estimate of drug-likeness (QED) is 0.114. The first-order valence-electron chi connectivity index (χ1n) is 13.2. The van der Waals surface area contributed by atoms with E-state index in [2.05, 4.69) is 37.5 Å². The van der Waals surface area contributed by atoms with E-state index in [-0.39, 0.29) is 5.97 Å². The molecule has 3 aromatic rings. The van der Waals surface area contributed by atoms with Crippen molar-refractivity contribution in [2.45, 2.75) is 46.3 Å². The Morgan fingerprint density at radius 1 is 0.895 bits per heavy atom. The molecular formula is C32H39NO5. The van der Waals surface area contributed by atoms with Gasteiger partial charge in [-0.1, -0.05) is 68.8 Å². The number of rotatable bonds is 16. The van der Waals surface area contributed by atoms with E-state index in [4.69, 9.17) is 18.9 Å². The van der Waals surface area contributed by atoms with Crippen LogP contribution >= 0.6 is 0 Å². The monoisotopic (exact) mass is 517 g/mol. The lowest BCUT2D eigenvalue weighted by Gasteiger charge is -2.26. The highest BCUT2D eigenvalue weighted by atomic mass is 16.5. The number of nitrogens with zero attached hydrogens (tertiary/aromatic N) is 1. The number of carbonyl (C=O) groups is 1. The van der Waals surface area contributed by atoms with Crippen LogP contribution in [0.15, 0.2) is 79.4 Å². The molecule has 0 heterocycles. The van der Waals surface area contributed by atoms with E-state index in [0.29, 0.717) is 49.2 Å². The number of carbonyl (C=O) groups excluding carboxylic acids is 1. The van der Waals surface area contributed by atoms with Gasteiger partial charge in [-0.15, -0.1) is 0 Å². The van der Waals surface area contributed by atoms with Crippen molar-refractivity contribution in [1.29, 1.82) is 0 Å². The minimum absolute atomic E-state index is 0.315. The maximum Gasteiger partial charge on any atom is 0.338 e. The SMILES string of the molecule is C=CCOc1ccc(COc2ccc(C(=O)OCCCCC)cc2N(CC)Cc2ccccc2)cc1OC. The fourth-order valence-electron chi connectivity index (χ4n) is 4.02. The van der Waals surface area contributed by atoms with Crippen molar-refractivity contribution in [1.82, 2.24) is 0 Å². The summed E-state index contributed by atoms with van der Waals surface area (Å²) in [6.45, 7) is 10.5. The van der Waals surface area contributed by atoms with E-state index in [0.717, 1.165) is 37.1 Å². The van der Waals surface area contributed by atoms with Crippen molar-refractivity contribution in [3.8, 4) is 17.2 Å². The Bertz CT molecular complexity index is 1160. The second-order valence-electron chi connectivity index (χ2n) is 8.90. The maximum absolute atomic E-state index is 12.8. The molecule has 0 spiro atoms. The van der Waals surface area contributed by atoms with Crippen molar-refractivity contribution < 1.29 is 23.7 Å². The molecule has 0 fully saturated rings. The highest BCUT2D eigenvalue weighted by Crippen LogP contribution is 2.33. The molecule has 0 radical (unpaired) electrons. The highest BCUT2D eigenvalue weighted by molar-refractivity contribution is 5.91. The number of benzene rings is 3. The largest absolute Gasteiger partial charge is 0.493 e. The van der Waals surface area contributed by atoms with Gasteiger partial charge in [0, 0.05) is 13.1 Å². The van der Waals surface area contributed by atoms with Gasteiger partial charge in [-0.05, 0) is 54.8 Å². The molecule has 0 aromatic heterocycles. The van der Waals surface area contributed by atoms with Crippen LogP contribution < -0.4 is 19.1 Å². The molecular weight excluding hydrogens is 478 g/mol. The van der Waals surface area contributed by atoms with E-state index < -0.39 is 0 Å². The molecule has 0 saturated heterocycles. The summed E-state index contributed by atoms with van der Waals surface area (Å²) >= 11 is 0. The summed E-state index contributed by atoms with van der Waals surface area (Å²) in [4.78, 5) is 15.0. The van der Waals surface area contributed by atoms with Crippen molar-refractivity contribution in [2.75, 3.05) is 31.8 Å². The molecule has 3 aromatic carbocycles. The molecule has 6 heteroatoms. The number of anilines is 1. The lowest BCUT2D eigenvalue weighted by molar-refractivity contribution is 0.0498. The smallest absolute Gasteiger partial charge is 0.338 e. The van der Waals surface area contributed by atoms with Crippen molar-refractivity contribution in [2.24, 2.45) is 0 Å². The average molecular weight is 518 g/mol. The second kappa shape index (κ2) is 15.4. The molecule has 0 amide bonds. The number of unbranched alkanes of at least 4 members (excludes halogenated alkanes) is 2. The molecule has 0 bridgehead atoms. The molecule has 0 atom stereocenters. The van der Waals surface area contributed by atoms with Crippen molar-refractivity contribution >= 4 is 11.7 Å². The van der Waals surface area contributed by atoms with Crippen molar-refractivity contribution in [3.63, 3.8) is 0 Å². The van der Waals surface area contributed by atoms with Gasteiger partial charge in [0.05, 0.1) is 25.0 Å². The van der Waals surface area contributed by atoms with Crippen LogP contribution in [0.3, 0.4) is 0 Å². The zero-order chi connectivity index (χ0) is 27.2. The molecule has 0 N–H and O–H groups in total. The molecule has 6 nitrogen and oxygen atoms in total. The average Bonchev–Trinajstić information content (AvgIpc) is 2.96. The third-order valence-electron chi connectivity index (χ3n) is 6.09. The van der Waals surface area contributed by atoms with Gasteiger partial charge in [-0.2, -0.15) is 0 Å². The van der Waals surface area contributed by atoms with Gasteiger partial charge >= 0.3 is 5.97 Å². The normalized spacial score (nSPS) is 10.5. The first-order chi connectivity index (χ1) is 18.6. The third kappa shape index (κ3) is 8.30. The van der Waals surface area contributed by atoms with Crippen LogP contribution in [0.5, 0.6) is 17.2 Å². The second-order valence-corrected chi connectivity index (χ2v) is 8.90. The summed E-state index contributed by atoms with van der Waals surface area (Å²) in [5, 5.41) is 0. The minimum Gasteiger partial charge on any atom is -0.493 e. The Morgan fingerprint density at radius 3 is 2.39 bits per heavy atom. The van der Waals surface area contributed by atoms with Gasteiger partial charge in [-0.3, -0.25) is 0 Å². The molecule has 0 aliphatic rings.